The van der Waals surface area contributed by atoms with E-state index in [1.165, 1.54) is 37.1 Å². The molecule has 5 aliphatic rings. The van der Waals surface area contributed by atoms with Crippen LogP contribution in [0.15, 0.2) is 24.3 Å². The van der Waals surface area contributed by atoms with Gasteiger partial charge in [-0.15, -0.1) is 0 Å². The molecule has 30 heavy (non-hydrogen) atoms. The summed E-state index contributed by atoms with van der Waals surface area (Å²) in [6.07, 6.45) is 6.82. The minimum atomic E-state index is -0.881. The molecule has 1 aromatic rings. The molecule has 0 amide bonds. The number of ether oxygens (including phenoxy) is 3. The maximum atomic E-state index is 12.2. The Morgan fingerprint density at radius 3 is 2.50 bits per heavy atom. The van der Waals surface area contributed by atoms with Crippen LogP contribution in [0, 0.1) is 22.0 Å². The van der Waals surface area contributed by atoms with Gasteiger partial charge in [0, 0.05) is 37.3 Å². The Bertz CT molecular complexity index is 821. The molecule has 2 bridgehead atoms. The predicted octanol–water partition coefficient (Wildman–Crippen LogP) is 4.63. The number of carbonyl (C=O) groups excluding carboxylic acids is 1. The molecule has 0 radical (unpaired) electrons. The molecule has 1 heterocycles. The number of hydrogen-bond acceptors (Lipinski definition) is 8. The molecule has 4 aliphatic carbocycles. The number of non-ortho nitro benzene ring substituents is 1. The van der Waals surface area contributed by atoms with Gasteiger partial charge in [0.15, 0.2) is 0 Å². The molecule has 2 spiro atoms. The van der Waals surface area contributed by atoms with Crippen LogP contribution in [0.1, 0.15) is 57.8 Å². The van der Waals surface area contributed by atoms with Crippen LogP contribution in [0.2, 0.25) is 0 Å². The molecule has 5 fully saturated rings. The zero-order valence-corrected chi connectivity index (χ0v) is 16.6. The predicted molar refractivity (Wildman–Crippen MR) is 101 cm³/mol. The number of fused-ring (bicyclic) bond motifs is 2. The minimum Gasteiger partial charge on any atom is -0.430 e. The third-order valence-electron chi connectivity index (χ3n) is 6.87. The molecule has 6 rings (SSSR count). The van der Waals surface area contributed by atoms with Crippen molar-refractivity contribution in [3.63, 3.8) is 0 Å². The van der Waals surface area contributed by atoms with Crippen LogP contribution in [0.5, 0.6) is 5.75 Å². The second kappa shape index (κ2) is 7.47. The van der Waals surface area contributed by atoms with E-state index in [9.17, 15) is 14.9 Å². The summed E-state index contributed by atoms with van der Waals surface area (Å²) in [6.45, 7) is 0. The summed E-state index contributed by atoms with van der Waals surface area (Å²) in [6, 6.07) is 5.27. The van der Waals surface area contributed by atoms with E-state index in [0.717, 1.165) is 25.7 Å². The monoisotopic (exact) mass is 419 g/mol. The van der Waals surface area contributed by atoms with E-state index >= 15 is 0 Å². The third kappa shape index (κ3) is 3.66. The van der Waals surface area contributed by atoms with Crippen molar-refractivity contribution in [1.82, 2.24) is 0 Å². The standard InChI is InChI=1S/C21H25NO8/c23-19(26-17-9-7-16(8-10-17)22(24)25)27-18-2-1-11-20(13-18)28-21(30-29-20)12-14-3-5-15(21)6-4-14/h7-10,14-15,18H,1-6,11-13H2/t14?,15?,18-,20-,21?/m1/s1. The van der Waals surface area contributed by atoms with Gasteiger partial charge < -0.3 is 14.2 Å². The quantitative estimate of drug-likeness (QED) is 0.229. The third-order valence-corrected chi connectivity index (χ3v) is 6.87. The maximum absolute atomic E-state index is 12.2. The van der Waals surface area contributed by atoms with Gasteiger partial charge in [0.1, 0.15) is 11.9 Å². The lowest BCUT2D eigenvalue weighted by molar-refractivity contribution is -0.384. The molecule has 3 atom stereocenters. The second-order valence-corrected chi connectivity index (χ2v) is 8.85. The average Bonchev–Trinajstić information content (AvgIpc) is 3.06. The first-order valence-electron chi connectivity index (χ1n) is 10.7. The normalized spacial score (nSPS) is 37.4. The summed E-state index contributed by atoms with van der Waals surface area (Å²) in [5, 5.41) is 10.7. The van der Waals surface area contributed by atoms with Crippen molar-refractivity contribution < 1.29 is 33.7 Å². The number of hydrogen-bond donors (Lipinski definition) is 0. The second-order valence-electron chi connectivity index (χ2n) is 8.85. The minimum absolute atomic E-state index is 0.0779. The van der Waals surface area contributed by atoms with Gasteiger partial charge in [-0.25, -0.2) is 4.79 Å². The Labute approximate surface area is 173 Å². The van der Waals surface area contributed by atoms with Crippen molar-refractivity contribution in [2.75, 3.05) is 0 Å². The van der Waals surface area contributed by atoms with Gasteiger partial charge >= 0.3 is 6.16 Å². The fourth-order valence-corrected chi connectivity index (χ4v) is 5.41. The number of nitro benzene ring substituents is 1. The smallest absolute Gasteiger partial charge is 0.430 e. The SMILES string of the molecule is O=C(Oc1ccc([N+](=O)[O-])cc1)O[C@@H]1CCC[C@]2(C1)OOC1(CC3CCC1CC3)O2. The molecule has 4 saturated carbocycles. The lowest BCUT2D eigenvalue weighted by Gasteiger charge is -2.47. The van der Waals surface area contributed by atoms with Gasteiger partial charge in [-0.2, -0.15) is 9.78 Å². The van der Waals surface area contributed by atoms with Gasteiger partial charge in [0.2, 0.25) is 11.6 Å². The van der Waals surface area contributed by atoms with E-state index in [-0.39, 0.29) is 11.4 Å². The zero-order chi connectivity index (χ0) is 20.8. The Hall–Kier alpha value is -2.23. The summed E-state index contributed by atoms with van der Waals surface area (Å²) in [4.78, 5) is 34.0. The van der Waals surface area contributed by atoms with Crippen molar-refractivity contribution in [1.29, 1.82) is 0 Å². The topological polar surface area (TPSA) is 106 Å². The Morgan fingerprint density at radius 2 is 1.83 bits per heavy atom. The number of benzene rings is 1. The summed E-state index contributed by atoms with van der Waals surface area (Å²) < 4.78 is 17.1. The van der Waals surface area contributed by atoms with E-state index in [2.05, 4.69) is 0 Å². The Kier molecular flexibility index (Phi) is 4.91. The Morgan fingerprint density at radius 1 is 1.07 bits per heavy atom. The van der Waals surface area contributed by atoms with Crippen molar-refractivity contribution >= 4 is 11.8 Å². The largest absolute Gasteiger partial charge is 0.514 e. The Balaban J connectivity index is 1.19. The zero-order valence-electron chi connectivity index (χ0n) is 16.6. The van der Waals surface area contributed by atoms with E-state index in [4.69, 9.17) is 24.0 Å². The van der Waals surface area contributed by atoms with Crippen molar-refractivity contribution in [3.8, 4) is 5.75 Å². The van der Waals surface area contributed by atoms with Gasteiger partial charge in [-0.3, -0.25) is 10.1 Å². The van der Waals surface area contributed by atoms with Crippen LogP contribution in [0.4, 0.5) is 10.5 Å². The maximum Gasteiger partial charge on any atom is 0.514 e. The first kappa shape index (κ1) is 19.7. The highest BCUT2D eigenvalue weighted by molar-refractivity contribution is 5.64. The lowest BCUT2D eigenvalue weighted by Crippen LogP contribution is -2.51. The van der Waals surface area contributed by atoms with E-state index < -0.39 is 28.8 Å². The molecule has 0 N–H and O–H groups in total. The number of rotatable bonds is 3. The molecular weight excluding hydrogens is 394 g/mol. The summed E-state index contributed by atoms with van der Waals surface area (Å²) in [5.74, 6) is -0.363. The van der Waals surface area contributed by atoms with E-state index in [1.807, 2.05) is 0 Å². The number of nitrogens with zero attached hydrogens (tertiary/aromatic N) is 1. The lowest BCUT2D eigenvalue weighted by atomic mass is 9.67. The van der Waals surface area contributed by atoms with Crippen LogP contribution >= 0.6 is 0 Å². The molecule has 9 nitrogen and oxygen atoms in total. The van der Waals surface area contributed by atoms with E-state index in [0.29, 0.717) is 31.1 Å². The average molecular weight is 419 g/mol. The van der Waals surface area contributed by atoms with E-state index in [1.54, 1.807) is 0 Å². The fraction of sp³-hybridized carbons (Fsp3) is 0.667. The highest BCUT2D eigenvalue weighted by atomic mass is 17.3. The first-order valence-corrected chi connectivity index (χ1v) is 10.7. The van der Waals surface area contributed by atoms with Gasteiger partial charge in [0.05, 0.1) is 4.92 Å². The summed E-state index contributed by atoms with van der Waals surface area (Å²) in [5.41, 5.74) is -0.0779. The molecule has 1 saturated heterocycles. The fourth-order valence-electron chi connectivity index (χ4n) is 5.41. The molecule has 0 aromatic heterocycles. The molecule has 162 valence electrons. The molecule has 1 aliphatic heterocycles. The van der Waals surface area contributed by atoms with Gasteiger partial charge in [-0.1, -0.05) is 0 Å². The summed E-state index contributed by atoms with van der Waals surface area (Å²) in [7, 11) is 0. The molecule has 1 unspecified atom stereocenters. The van der Waals surface area contributed by atoms with Crippen molar-refractivity contribution in [3.05, 3.63) is 34.4 Å². The first-order chi connectivity index (χ1) is 14.5. The number of nitro groups is 1. The molecule has 9 heteroatoms. The number of carbonyl (C=O) groups is 1. The molecular formula is C21H25NO8. The van der Waals surface area contributed by atoms with Crippen molar-refractivity contribution in [2.24, 2.45) is 11.8 Å². The molecule has 1 aromatic carbocycles. The highest BCUT2D eigenvalue weighted by Crippen LogP contribution is 2.56. The van der Waals surface area contributed by atoms with Crippen LogP contribution in [-0.4, -0.2) is 28.8 Å². The highest BCUT2D eigenvalue weighted by Gasteiger charge is 2.61. The van der Waals surface area contributed by atoms with Crippen LogP contribution in [-0.2, 0) is 19.2 Å². The van der Waals surface area contributed by atoms with Crippen LogP contribution in [0.25, 0.3) is 0 Å². The van der Waals surface area contributed by atoms with Crippen LogP contribution in [0.3, 0.4) is 0 Å². The van der Waals surface area contributed by atoms with Gasteiger partial charge in [-0.05, 0) is 56.6 Å². The van der Waals surface area contributed by atoms with Crippen molar-refractivity contribution in [2.45, 2.75) is 75.5 Å². The van der Waals surface area contributed by atoms with Gasteiger partial charge in [0.25, 0.3) is 5.69 Å². The summed E-state index contributed by atoms with van der Waals surface area (Å²) >= 11 is 0. The van der Waals surface area contributed by atoms with Crippen LogP contribution < -0.4 is 4.74 Å².